The zero-order valence-electron chi connectivity index (χ0n) is 14.5. The lowest BCUT2D eigenvalue weighted by atomic mass is 10.1. The largest absolute Gasteiger partial charge is 0.490 e. The van der Waals surface area contributed by atoms with Gasteiger partial charge in [0.15, 0.2) is 11.5 Å². The summed E-state index contributed by atoms with van der Waals surface area (Å²) in [5.74, 6) is 0.745. The lowest BCUT2D eigenvalue weighted by Crippen LogP contribution is -2.27. The number of nitrogens with zero attached hydrogens (tertiary/aromatic N) is 1. The maximum absolute atomic E-state index is 13.1. The average molecular weight is 401 g/mol. The van der Waals surface area contributed by atoms with Crippen LogP contribution in [0.15, 0.2) is 47.4 Å². The van der Waals surface area contributed by atoms with Crippen molar-refractivity contribution in [1.82, 2.24) is 4.31 Å². The first kappa shape index (κ1) is 19.5. The van der Waals surface area contributed by atoms with Gasteiger partial charge in [0.25, 0.3) is 0 Å². The molecular formula is C18H18F3NO4S. The summed E-state index contributed by atoms with van der Waals surface area (Å²) < 4.78 is 76.9. The van der Waals surface area contributed by atoms with E-state index in [0.717, 1.165) is 10.4 Å². The lowest BCUT2D eigenvalue weighted by Gasteiger charge is -2.20. The molecule has 0 saturated heterocycles. The summed E-state index contributed by atoms with van der Waals surface area (Å²) in [6, 6.07) is 9.09. The van der Waals surface area contributed by atoms with Crippen molar-refractivity contribution in [2.24, 2.45) is 0 Å². The van der Waals surface area contributed by atoms with Gasteiger partial charge in [0.2, 0.25) is 10.0 Å². The van der Waals surface area contributed by atoms with Crippen LogP contribution in [-0.4, -0.2) is 33.0 Å². The molecule has 0 fully saturated rings. The second-order valence-corrected chi connectivity index (χ2v) is 8.12. The monoisotopic (exact) mass is 401 g/mol. The molecule has 2 aromatic carbocycles. The molecule has 5 nitrogen and oxygen atoms in total. The Morgan fingerprint density at radius 1 is 1.04 bits per heavy atom. The van der Waals surface area contributed by atoms with Gasteiger partial charge >= 0.3 is 6.18 Å². The normalized spacial score (nSPS) is 14.9. The SMILES string of the molecule is CN(Cc1ccccc1C(F)(F)F)S(=O)(=O)c1ccc2c(c1)OCCCO2. The molecule has 1 heterocycles. The summed E-state index contributed by atoms with van der Waals surface area (Å²) in [6.07, 6.45) is -3.89. The maximum atomic E-state index is 13.1. The van der Waals surface area contributed by atoms with Gasteiger partial charge in [-0.1, -0.05) is 18.2 Å². The molecule has 146 valence electrons. The minimum atomic E-state index is -4.56. The highest BCUT2D eigenvalue weighted by Gasteiger charge is 2.34. The van der Waals surface area contributed by atoms with E-state index in [9.17, 15) is 21.6 Å². The van der Waals surface area contributed by atoms with E-state index in [0.29, 0.717) is 31.1 Å². The lowest BCUT2D eigenvalue weighted by molar-refractivity contribution is -0.138. The van der Waals surface area contributed by atoms with Crippen LogP contribution in [0.2, 0.25) is 0 Å². The molecule has 9 heteroatoms. The molecule has 3 rings (SSSR count). The van der Waals surface area contributed by atoms with Crippen LogP contribution < -0.4 is 9.47 Å². The number of halogens is 3. The third-order valence-corrected chi connectivity index (χ3v) is 5.94. The Morgan fingerprint density at radius 2 is 1.70 bits per heavy atom. The molecule has 0 radical (unpaired) electrons. The summed E-state index contributed by atoms with van der Waals surface area (Å²) in [5.41, 5.74) is -0.976. The van der Waals surface area contributed by atoms with Gasteiger partial charge < -0.3 is 9.47 Å². The summed E-state index contributed by atoms with van der Waals surface area (Å²) in [7, 11) is -2.77. The molecule has 0 aromatic heterocycles. The topological polar surface area (TPSA) is 55.8 Å². The minimum absolute atomic E-state index is 0.0706. The first-order valence-corrected chi connectivity index (χ1v) is 9.65. The van der Waals surface area contributed by atoms with Crippen molar-refractivity contribution < 1.29 is 31.1 Å². The first-order valence-electron chi connectivity index (χ1n) is 8.20. The Kier molecular flexibility index (Phi) is 5.34. The van der Waals surface area contributed by atoms with Gasteiger partial charge in [0.05, 0.1) is 23.7 Å². The van der Waals surface area contributed by atoms with Gasteiger partial charge in [-0.15, -0.1) is 0 Å². The first-order chi connectivity index (χ1) is 12.7. The molecule has 1 aliphatic rings. The highest BCUT2D eigenvalue weighted by molar-refractivity contribution is 7.89. The van der Waals surface area contributed by atoms with E-state index in [1.165, 1.54) is 43.4 Å². The van der Waals surface area contributed by atoms with Gasteiger partial charge in [-0.25, -0.2) is 8.42 Å². The smallest absolute Gasteiger partial charge is 0.416 e. The fourth-order valence-electron chi connectivity index (χ4n) is 2.74. The third kappa shape index (κ3) is 4.19. The Hall–Kier alpha value is -2.26. The van der Waals surface area contributed by atoms with E-state index in [2.05, 4.69) is 0 Å². The Balaban J connectivity index is 1.89. The predicted octanol–water partition coefficient (Wildman–Crippen LogP) is 3.69. The summed E-state index contributed by atoms with van der Waals surface area (Å²) in [5, 5.41) is 0. The maximum Gasteiger partial charge on any atom is 0.416 e. The number of rotatable bonds is 4. The number of alkyl halides is 3. The minimum Gasteiger partial charge on any atom is -0.490 e. The van der Waals surface area contributed by atoms with Crippen LogP contribution in [0.5, 0.6) is 11.5 Å². The van der Waals surface area contributed by atoms with Crippen LogP contribution in [-0.2, 0) is 22.7 Å². The second-order valence-electron chi connectivity index (χ2n) is 6.08. The summed E-state index contributed by atoms with van der Waals surface area (Å²) in [6.45, 7) is 0.449. The number of fused-ring (bicyclic) bond motifs is 1. The van der Waals surface area contributed by atoms with E-state index in [4.69, 9.17) is 9.47 Å². The highest BCUT2D eigenvalue weighted by atomic mass is 32.2. The van der Waals surface area contributed by atoms with Crippen molar-refractivity contribution in [3.63, 3.8) is 0 Å². The Morgan fingerprint density at radius 3 is 2.41 bits per heavy atom. The molecule has 0 bridgehead atoms. The van der Waals surface area contributed by atoms with Crippen LogP contribution in [0.25, 0.3) is 0 Å². The van der Waals surface area contributed by atoms with Gasteiger partial charge in [0.1, 0.15) is 0 Å². The quantitative estimate of drug-likeness (QED) is 0.784. The fourth-order valence-corrected chi connectivity index (χ4v) is 3.91. The molecule has 1 aliphatic heterocycles. The van der Waals surface area contributed by atoms with Gasteiger partial charge in [-0.3, -0.25) is 0 Å². The Labute approximate surface area is 155 Å². The molecule has 27 heavy (non-hydrogen) atoms. The van der Waals surface area contributed by atoms with Crippen LogP contribution in [0.1, 0.15) is 17.5 Å². The molecule has 0 atom stereocenters. The van der Waals surface area contributed by atoms with Gasteiger partial charge in [-0.2, -0.15) is 17.5 Å². The van der Waals surface area contributed by atoms with Gasteiger partial charge in [-0.05, 0) is 23.8 Å². The molecule has 2 aromatic rings. The number of sulfonamides is 1. The average Bonchev–Trinajstić information content (AvgIpc) is 2.85. The summed E-state index contributed by atoms with van der Waals surface area (Å²) in [4.78, 5) is -0.0706. The van der Waals surface area contributed by atoms with E-state index in [-0.39, 0.29) is 10.5 Å². The van der Waals surface area contributed by atoms with Crippen LogP contribution >= 0.6 is 0 Å². The van der Waals surface area contributed by atoms with Crippen molar-refractivity contribution in [1.29, 1.82) is 0 Å². The standard InChI is InChI=1S/C18H18F3NO4S/c1-22(12-13-5-2-3-6-15(13)18(19,20)21)27(23,24)14-7-8-16-17(11-14)26-10-4-9-25-16/h2-3,5-8,11H,4,9-10,12H2,1H3. The number of benzene rings is 2. The predicted molar refractivity (Wildman–Crippen MR) is 92.1 cm³/mol. The zero-order valence-corrected chi connectivity index (χ0v) is 15.3. The van der Waals surface area contributed by atoms with Crippen LogP contribution in [0.3, 0.4) is 0 Å². The van der Waals surface area contributed by atoms with E-state index >= 15 is 0 Å². The van der Waals surface area contributed by atoms with Crippen molar-refractivity contribution in [3.8, 4) is 11.5 Å². The molecule has 0 N–H and O–H groups in total. The summed E-state index contributed by atoms with van der Waals surface area (Å²) >= 11 is 0. The molecule has 0 unspecified atom stereocenters. The number of ether oxygens (including phenoxy) is 2. The molecule has 0 spiro atoms. The number of hydrogen-bond donors (Lipinski definition) is 0. The van der Waals surface area contributed by atoms with Crippen molar-refractivity contribution in [2.45, 2.75) is 24.0 Å². The zero-order chi connectivity index (χ0) is 19.7. The van der Waals surface area contributed by atoms with Gasteiger partial charge in [0, 0.05) is 26.1 Å². The highest BCUT2D eigenvalue weighted by Crippen LogP contribution is 2.35. The molecular weight excluding hydrogens is 383 g/mol. The molecule has 0 saturated carbocycles. The third-order valence-electron chi connectivity index (χ3n) is 4.14. The number of hydrogen-bond acceptors (Lipinski definition) is 4. The van der Waals surface area contributed by atoms with Crippen molar-refractivity contribution >= 4 is 10.0 Å². The van der Waals surface area contributed by atoms with Crippen molar-refractivity contribution in [2.75, 3.05) is 20.3 Å². The van der Waals surface area contributed by atoms with E-state index in [1.807, 2.05) is 0 Å². The Bertz CT molecular complexity index is 928. The van der Waals surface area contributed by atoms with Crippen LogP contribution in [0, 0.1) is 0 Å². The van der Waals surface area contributed by atoms with Crippen molar-refractivity contribution in [3.05, 3.63) is 53.6 Å². The molecule has 0 aliphatic carbocycles. The second kappa shape index (κ2) is 7.40. The van der Waals surface area contributed by atoms with E-state index in [1.54, 1.807) is 0 Å². The van der Waals surface area contributed by atoms with E-state index < -0.39 is 28.3 Å². The van der Waals surface area contributed by atoms with Crippen LogP contribution in [0.4, 0.5) is 13.2 Å². The molecule has 0 amide bonds. The fraction of sp³-hybridized carbons (Fsp3) is 0.333.